The van der Waals surface area contributed by atoms with Gasteiger partial charge in [0.15, 0.2) is 11.9 Å². The fourth-order valence-corrected chi connectivity index (χ4v) is 8.33. The molecule has 0 radical (unpaired) electrons. The van der Waals surface area contributed by atoms with Crippen LogP contribution in [0.25, 0.3) is 0 Å². The molecule has 0 aromatic rings. The lowest BCUT2D eigenvalue weighted by molar-refractivity contribution is -0.348. The summed E-state index contributed by atoms with van der Waals surface area (Å²) in [6.07, 6.45) is -4.32. The summed E-state index contributed by atoms with van der Waals surface area (Å²) in [6.45, 7) is 11.0. The molecule has 0 saturated carbocycles. The molecule has 17 heteroatoms. The molecule has 0 unspecified atom stereocenters. The smallest absolute Gasteiger partial charge is 0.330 e. The lowest BCUT2D eigenvalue weighted by Crippen LogP contribution is -2.62. The lowest BCUT2D eigenvalue weighted by Gasteiger charge is -2.53. The number of aliphatic hydroxyl groups is 4. The number of rotatable bonds is 7. The number of hydrogen-bond acceptors (Lipinski definition) is 17. The first-order chi connectivity index (χ1) is 27.9. The molecule has 0 spiro atoms. The van der Waals surface area contributed by atoms with E-state index in [9.17, 15) is 44.4 Å². The number of carbonyl (C=O) groups excluding carboxylic acids is 5. The van der Waals surface area contributed by atoms with E-state index in [0.717, 1.165) is 20.1 Å². The van der Waals surface area contributed by atoms with Crippen LogP contribution in [0.2, 0.25) is 0 Å². The van der Waals surface area contributed by atoms with Gasteiger partial charge >= 0.3 is 29.8 Å². The van der Waals surface area contributed by atoms with Crippen molar-refractivity contribution in [3.63, 3.8) is 0 Å². The zero-order valence-electron chi connectivity index (χ0n) is 36.2. The number of methoxy groups -OCH3 is 2. The second-order valence-electron chi connectivity index (χ2n) is 17.5. The van der Waals surface area contributed by atoms with Gasteiger partial charge < -0.3 is 58.3 Å². The molecule has 0 amide bonds. The van der Waals surface area contributed by atoms with E-state index in [4.69, 9.17) is 37.9 Å². The van der Waals surface area contributed by atoms with Crippen LogP contribution in [0, 0.1) is 10.8 Å². The van der Waals surface area contributed by atoms with Crippen LogP contribution in [-0.2, 0) is 61.9 Å². The van der Waals surface area contributed by atoms with Gasteiger partial charge in [0.05, 0.1) is 62.7 Å². The Morgan fingerprint density at radius 2 is 1.57 bits per heavy atom. The standard InChI is InChI=1S/C43H64O17/c1-10-11-35(47)58-34-22-31-19-28(46)20-38(50)57-33(24(2)44)21-30-17-27(18-37(49)54-9)39(55-25(3)45)43(52,60-30)40(4,5)13-12-29-14-26(16-36(48)53-8)15-32(56-29)23-42(51,59-31)41(34,6)7/h12-13,16,18,24,28-34,39,44,46,51-52H,10-11,14-15,17,19-23H2,1-9H3/b13-12+,26-16-,27-18+/t24-,28-,29+,30+,31-,32+,33-,34+,39-,42+,43-/m1/s1. The Bertz CT molecular complexity index is 1660. The third-order valence-corrected chi connectivity index (χ3v) is 11.9. The zero-order chi connectivity index (χ0) is 44.8. The summed E-state index contributed by atoms with van der Waals surface area (Å²) in [5.41, 5.74) is -1.97. The number of cyclic esters (lactones) is 1. The first kappa shape index (κ1) is 49.0. The minimum Gasteiger partial charge on any atom is -0.466 e. The van der Waals surface area contributed by atoms with Crippen LogP contribution in [0.5, 0.6) is 0 Å². The summed E-state index contributed by atoms with van der Waals surface area (Å²) < 4.78 is 46.4. The van der Waals surface area contributed by atoms with Crippen molar-refractivity contribution in [2.24, 2.45) is 10.8 Å². The lowest BCUT2D eigenvalue weighted by atomic mass is 9.70. The summed E-state index contributed by atoms with van der Waals surface area (Å²) in [5.74, 6) is -8.02. The number of carbonyl (C=O) groups is 5. The highest BCUT2D eigenvalue weighted by Gasteiger charge is 2.59. The Kier molecular flexibility index (Phi) is 16.3. The zero-order valence-corrected chi connectivity index (χ0v) is 36.2. The van der Waals surface area contributed by atoms with Gasteiger partial charge in [0, 0.05) is 56.6 Å². The highest BCUT2D eigenvalue weighted by atomic mass is 16.7. The third kappa shape index (κ3) is 11.8. The topological polar surface area (TPSA) is 240 Å². The Morgan fingerprint density at radius 3 is 2.18 bits per heavy atom. The van der Waals surface area contributed by atoms with Gasteiger partial charge in [-0.3, -0.25) is 14.4 Å². The van der Waals surface area contributed by atoms with Crippen molar-refractivity contribution in [1.29, 1.82) is 0 Å². The molecule has 3 fully saturated rings. The number of hydrogen-bond donors (Lipinski definition) is 4. The molecular weight excluding hydrogens is 788 g/mol. The molecule has 3 saturated heterocycles. The van der Waals surface area contributed by atoms with Gasteiger partial charge in [0.1, 0.15) is 12.2 Å². The highest BCUT2D eigenvalue weighted by molar-refractivity contribution is 5.83. The number of aliphatic hydroxyl groups excluding tert-OH is 2. The maximum Gasteiger partial charge on any atom is 0.330 e. The van der Waals surface area contributed by atoms with E-state index >= 15 is 0 Å². The SMILES string of the molecule is CCCC(=O)O[C@H]1C[C@H]2C[C@@H](O)CC(=O)O[C@@H]([C@@H](C)O)C[C@@H]3C/C(=C\C(=O)OC)[C@@H](OC(C)=O)[C@@](O)(O3)C(C)(C)/C=C/[C@H]3C/C(=C/C(=O)OC)C[C@@H](C[C@](O)(O2)C1(C)C)O3. The van der Waals surface area contributed by atoms with E-state index in [2.05, 4.69) is 0 Å². The summed E-state index contributed by atoms with van der Waals surface area (Å²) in [4.78, 5) is 64.0. The second kappa shape index (κ2) is 20.0. The van der Waals surface area contributed by atoms with Gasteiger partial charge in [0.25, 0.3) is 0 Å². The molecule has 0 aromatic carbocycles. The van der Waals surface area contributed by atoms with Crippen LogP contribution in [0.1, 0.15) is 113 Å². The van der Waals surface area contributed by atoms with Crippen molar-refractivity contribution in [2.45, 2.75) is 179 Å². The Balaban J connectivity index is 1.88. The number of fused-ring (bicyclic) bond motifs is 6. The Hall–Kier alpha value is -3.71. The molecule has 11 atom stereocenters. The van der Waals surface area contributed by atoms with Crippen molar-refractivity contribution in [3.05, 3.63) is 35.5 Å². The Labute approximate surface area is 351 Å². The van der Waals surface area contributed by atoms with Crippen LogP contribution < -0.4 is 0 Å². The third-order valence-electron chi connectivity index (χ3n) is 11.9. The normalized spacial score (nSPS) is 37.1. The maximum absolute atomic E-state index is 13.4. The van der Waals surface area contributed by atoms with Crippen molar-refractivity contribution in [1.82, 2.24) is 0 Å². The molecule has 4 aliphatic rings. The molecule has 0 aromatic heterocycles. The summed E-state index contributed by atoms with van der Waals surface area (Å²) in [5, 5.41) is 47.2. The fourth-order valence-electron chi connectivity index (χ4n) is 8.33. The van der Waals surface area contributed by atoms with E-state index in [1.165, 1.54) is 20.1 Å². The predicted octanol–water partition coefficient (Wildman–Crippen LogP) is 3.17. The van der Waals surface area contributed by atoms with E-state index in [1.54, 1.807) is 39.8 Å². The summed E-state index contributed by atoms with van der Waals surface area (Å²) in [7, 11) is 2.40. The fraction of sp³-hybridized carbons (Fsp3) is 0.744. The van der Waals surface area contributed by atoms with Crippen LogP contribution in [-0.4, -0.2) is 131 Å². The molecule has 0 aliphatic carbocycles. The van der Waals surface area contributed by atoms with E-state index < -0.39 is 114 Å². The van der Waals surface area contributed by atoms with Gasteiger partial charge in [-0.25, -0.2) is 9.59 Å². The summed E-state index contributed by atoms with van der Waals surface area (Å²) in [6, 6.07) is 0. The molecule has 4 aliphatic heterocycles. The molecule has 4 rings (SSSR count). The molecule has 4 heterocycles. The van der Waals surface area contributed by atoms with Crippen molar-refractivity contribution >= 4 is 29.8 Å². The van der Waals surface area contributed by atoms with Gasteiger partial charge in [0.2, 0.25) is 5.79 Å². The van der Waals surface area contributed by atoms with Crippen molar-refractivity contribution in [2.75, 3.05) is 14.2 Å². The van der Waals surface area contributed by atoms with E-state index in [1.807, 2.05) is 6.92 Å². The van der Waals surface area contributed by atoms with Crippen LogP contribution in [0.4, 0.5) is 0 Å². The van der Waals surface area contributed by atoms with Gasteiger partial charge in [-0.1, -0.05) is 52.3 Å². The van der Waals surface area contributed by atoms with Gasteiger partial charge in [-0.2, -0.15) is 0 Å². The van der Waals surface area contributed by atoms with E-state index in [0.29, 0.717) is 12.0 Å². The summed E-state index contributed by atoms with van der Waals surface area (Å²) >= 11 is 0. The number of esters is 5. The molecule has 338 valence electrons. The molecule has 17 nitrogen and oxygen atoms in total. The van der Waals surface area contributed by atoms with Crippen LogP contribution in [0.15, 0.2) is 35.5 Å². The first-order valence-electron chi connectivity index (χ1n) is 20.6. The Morgan fingerprint density at radius 1 is 0.900 bits per heavy atom. The molecule has 6 bridgehead atoms. The van der Waals surface area contributed by atoms with Crippen LogP contribution >= 0.6 is 0 Å². The second-order valence-corrected chi connectivity index (χ2v) is 17.5. The largest absolute Gasteiger partial charge is 0.466 e. The van der Waals surface area contributed by atoms with Gasteiger partial charge in [-0.05, 0) is 38.2 Å². The van der Waals surface area contributed by atoms with Crippen molar-refractivity contribution in [3.8, 4) is 0 Å². The average molecular weight is 853 g/mol. The monoisotopic (exact) mass is 852 g/mol. The maximum atomic E-state index is 13.4. The number of ether oxygens (including phenoxy) is 8. The molecule has 60 heavy (non-hydrogen) atoms. The minimum atomic E-state index is -2.41. The highest BCUT2D eigenvalue weighted by Crippen LogP contribution is 2.50. The average Bonchev–Trinajstić information content (AvgIpc) is 3.13. The molecule has 4 N–H and O–H groups in total. The van der Waals surface area contributed by atoms with E-state index in [-0.39, 0.29) is 56.9 Å². The minimum absolute atomic E-state index is 0.0876. The van der Waals surface area contributed by atoms with Crippen LogP contribution in [0.3, 0.4) is 0 Å². The first-order valence-corrected chi connectivity index (χ1v) is 20.6. The molecular formula is C43H64O17. The predicted molar refractivity (Wildman–Crippen MR) is 210 cm³/mol. The quantitative estimate of drug-likeness (QED) is 0.124. The van der Waals surface area contributed by atoms with Gasteiger partial charge in [-0.15, -0.1) is 0 Å². The van der Waals surface area contributed by atoms with Crippen molar-refractivity contribution < 1.29 is 82.3 Å².